The molecule has 1 unspecified atom stereocenters. The fourth-order valence-corrected chi connectivity index (χ4v) is 1.11. The smallest absolute Gasteiger partial charge is 0.371 e. The Kier molecular flexibility index (Phi) is 8.74. The minimum absolute atomic E-state index is 0.0213. The van der Waals surface area contributed by atoms with Crippen molar-refractivity contribution in [3.8, 4) is 0 Å². The van der Waals surface area contributed by atoms with E-state index >= 15 is 0 Å². The zero-order valence-corrected chi connectivity index (χ0v) is 10.8. The van der Waals surface area contributed by atoms with E-state index in [4.69, 9.17) is 0 Å². The minimum Gasteiger partial charge on any atom is -0.371 e. The molecule has 4 nitrogen and oxygen atoms in total. The Morgan fingerprint density at radius 1 is 1.33 bits per heavy atom. The maximum atomic E-state index is 11.7. The molecule has 0 aromatic heterocycles. The van der Waals surface area contributed by atoms with Gasteiger partial charge in [0.2, 0.25) is 5.91 Å². The average molecular weight is 270 g/mol. The lowest BCUT2D eigenvalue weighted by molar-refractivity contribution is -0.173. The summed E-state index contributed by atoms with van der Waals surface area (Å²) in [6.45, 7) is 3.36. The lowest BCUT2D eigenvalue weighted by Crippen LogP contribution is -2.34. The third kappa shape index (κ3) is 11.7. The highest BCUT2D eigenvalue weighted by Crippen LogP contribution is 2.13. The Balaban J connectivity index is 3.33. The normalized spacial score (nSPS) is 13.4. The zero-order valence-electron chi connectivity index (χ0n) is 10.8. The maximum Gasteiger partial charge on any atom is 0.411 e. The van der Waals surface area contributed by atoms with Gasteiger partial charge in [-0.15, -0.1) is 0 Å². The summed E-state index contributed by atoms with van der Waals surface area (Å²) in [5.41, 5.74) is 0. The number of hydrogen-bond donors (Lipinski definition) is 2. The predicted molar refractivity (Wildman–Crippen MR) is 62.3 cm³/mol. The lowest BCUT2D eigenvalue weighted by Gasteiger charge is -2.11. The van der Waals surface area contributed by atoms with Crippen molar-refractivity contribution in [1.82, 2.24) is 10.6 Å². The van der Waals surface area contributed by atoms with Crippen molar-refractivity contribution < 1.29 is 22.7 Å². The number of rotatable bonds is 9. The van der Waals surface area contributed by atoms with Crippen LogP contribution in [0.2, 0.25) is 0 Å². The Labute approximate surface area is 105 Å². The van der Waals surface area contributed by atoms with Crippen LogP contribution < -0.4 is 10.6 Å². The second-order valence-electron chi connectivity index (χ2n) is 4.04. The van der Waals surface area contributed by atoms with Crippen LogP contribution in [0.1, 0.15) is 26.7 Å². The van der Waals surface area contributed by atoms with E-state index in [1.165, 1.54) is 0 Å². The molecule has 2 N–H and O–H groups in total. The van der Waals surface area contributed by atoms with Crippen molar-refractivity contribution in [2.45, 2.75) is 38.9 Å². The van der Waals surface area contributed by atoms with Gasteiger partial charge in [0, 0.05) is 25.6 Å². The van der Waals surface area contributed by atoms with Crippen molar-refractivity contribution >= 4 is 5.91 Å². The number of amides is 1. The molecule has 0 aliphatic carbocycles. The molecule has 0 aromatic rings. The molecule has 1 atom stereocenters. The fraction of sp³-hybridized carbons (Fsp3) is 0.909. The highest BCUT2D eigenvalue weighted by atomic mass is 19.4. The van der Waals surface area contributed by atoms with E-state index in [-0.39, 0.29) is 18.6 Å². The molecular weight excluding hydrogens is 249 g/mol. The van der Waals surface area contributed by atoms with E-state index in [1.54, 1.807) is 0 Å². The Hall–Kier alpha value is -0.820. The summed E-state index contributed by atoms with van der Waals surface area (Å²) in [7, 11) is 0. The van der Waals surface area contributed by atoms with E-state index in [2.05, 4.69) is 15.4 Å². The largest absolute Gasteiger partial charge is 0.411 e. The maximum absolute atomic E-state index is 11.7. The van der Waals surface area contributed by atoms with Crippen molar-refractivity contribution in [1.29, 1.82) is 0 Å². The van der Waals surface area contributed by atoms with Crippen LogP contribution in [0.4, 0.5) is 13.2 Å². The first-order chi connectivity index (χ1) is 8.35. The summed E-state index contributed by atoms with van der Waals surface area (Å²) in [5, 5.41) is 5.63. The van der Waals surface area contributed by atoms with Gasteiger partial charge in [0.1, 0.15) is 6.61 Å². The second-order valence-corrected chi connectivity index (χ2v) is 4.04. The molecule has 18 heavy (non-hydrogen) atoms. The molecule has 0 aliphatic heterocycles. The first kappa shape index (κ1) is 17.2. The fourth-order valence-electron chi connectivity index (χ4n) is 1.11. The second kappa shape index (κ2) is 9.16. The molecule has 1 amide bonds. The van der Waals surface area contributed by atoms with Crippen LogP contribution in [0.25, 0.3) is 0 Å². The quantitative estimate of drug-likeness (QED) is 0.624. The van der Waals surface area contributed by atoms with Gasteiger partial charge in [-0.3, -0.25) is 4.79 Å². The lowest BCUT2D eigenvalue weighted by atomic mass is 10.2. The van der Waals surface area contributed by atoms with Crippen LogP contribution >= 0.6 is 0 Å². The summed E-state index contributed by atoms with van der Waals surface area (Å²) in [6, 6.07) is 0.146. The summed E-state index contributed by atoms with van der Waals surface area (Å²) in [4.78, 5) is 11.3. The molecule has 0 aromatic carbocycles. The van der Waals surface area contributed by atoms with Gasteiger partial charge in [-0.2, -0.15) is 13.2 Å². The van der Waals surface area contributed by atoms with Gasteiger partial charge >= 0.3 is 6.18 Å². The van der Waals surface area contributed by atoms with Gasteiger partial charge in [-0.1, -0.05) is 6.92 Å². The number of ether oxygens (including phenoxy) is 1. The summed E-state index contributed by atoms with van der Waals surface area (Å²) >= 11 is 0. The third-order valence-electron chi connectivity index (χ3n) is 2.24. The number of carbonyl (C=O) groups is 1. The van der Waals surface area contributed by atoms with E-state index < -0.39 is 12.8 Å². The number of hydrogen-bond acceptors (Lipinski definition) is 3. The molecule has 0 aliphatic rings. The van der Waals surface area contributed by atoms with Crippen molar-refractivity contribution in [3.05, 3.63) is 0 Å². The SMILES string of the molecule is CCC(C)NC(=O)CCNCCOCC(F)(F)F. The highest BCUT2D eigenvalue weighted by molar-refractivity contribution is 5.76. The summed E-state index contributed by atoms with van der Waals surface area (Å²) in [5.74, 6) is -0.0620. The molecule has 108 valence electrons. The Morgan fingerprint density at radius 3 is 2.56 bits per heavy atom. The minimum atomic E-state index is -4.28. The molecule has 0 saturated heterocycles. The van der Waals surface area contributed by atoms with Crippen molar-refractivity contribution in [2.75, 3.05) is 26.3 Å². The number of alkyl halides is 3. The van der Waals surface area contributed by atoms with Gasteiger partial charge in [0.25, 0.3) is 0 Å². The van der Waals surface area contributed by atoms with Gasteiger partial charge < -0.3 is 15.4 Å². The van der Waals surface area contributed by atoms with Crippen LogP contribution in [-0.2, 0) is 9.53 Å². The Bertz CT molecular complexity index is 235. The Morgan fingerprint density at radius 2 is 2.00 bits per heavy atom. The molecule has 7 heteroatoms. The predicted octanol–water partition coefficient (Wildman–Crippen LogP) is 1.46. The molecule has 0 fully saturated rings. The van der Waals surface area contributed by atoms with Gasteiger partial charge in [-0.25, -0.2) is 0 Å². The first-order valence-electron chi connectivity index (χ1n) is 5.99. The van der Waals surface area contributed by atoms with E-state index in [9.17, 15) is 18.0 Å². The number of carbonyl (C=O) groups excluding carboxylic acids is 1. The highest BCUT2D eigenvalue weighted by Gasteiger charge is 2.27. The number of nitrogens with one attached hydrogen (secondary N) is 2. The van der Waals surface area contributed by atoms with Crippen LogP contribution in [0.3, 0.4) is 0 Å². The molecule has 0 bridgehead atoms. The van der Waals surface area contributed by atoms with Gasteiger partial charge in [0.05, 0.1) is 6.61 Å². The molecule has 0 saturated carbocycles. The molecular formula is C11H21F3N2O2. The van der Waals surface area contributed by atoms with Crippen LogP contribution in [0.15, 0.2) is 0 Å². The topological polar surface area (TPSA) is 50.4 Å². The zero-order chi connectivity index (χ0) is 14.0. The van der Waals surface area contributed by atoms with E-state index in [0.29, 0.717) is 19.5 Å². The average Bonchev–Trinajstić information content (AvgIpc) is 2.26. The summed E-state index contributed by atoms with van der Waals surface area (Å²) in [6.07, 6.45) is -3.11. The van der Waals surface area contributed by atoms with Crippen molar-refractivity contribution in [2.24, 2.45) is 0 Å². The summed E-state index contributed by atoms with van der Waals surface area (Å²) < 4.78 is 39.5. The number of halogens is 3. The van der Waals surface area contributed by atoms with Gasteiger partial charge in [-0.05, 0) is 13.3 Å². The van der Waals surface area contributed by atoms with Crippen LogP contribution in [0.5, 0.6) is 0 Å². The third-order valence-corrected chi connectivity index (χ3v) is 2.24. The van der Waals surface area contributed by atoms with Crippen molar-refractivity contribution in [3.63, 3.8) is 0 Å². The molecule has 0 spiro atoms. The van der Waals surface area contributed by atoms with E-state index in [0.717, 1.165) is 6.42 Å². The molecule has 0 rings (SSSR count). The monoisotopic (exact) mass is 270 g/mol. The molecule has 0 heterocycles. The van der Waals surface area contributed by atoms with Gasteiger partial charge in [0.15, 0.2) is 0 Å². The first-order valence-corrected chi connectivity index (χ1v) is 5.99. The standard InChI is InChI=1S/C11H21F3N2O2/c1-3-9(2)16-10(17)4-5-15-6-7-18-8-11(12,13)14/h9,15H,3-8H2,1-2H3,(H,16,17). The van der Waals surface area contributed by atoms with Crippen LogP contribution in [-0.4, -0.2) is 44.4 Å². The van der Waals surface area contributed by atoms with Crippen LogP contribution in [0, 0.1) is 0 Å². The van der Waals surface area contributed by atoms with E-state index in [1.807, 2.05) is 13.8 Å². The molecule has 0 radical (unpaired) electrons.